The van der Waals surface area contributed by atoms with Crippen molar-refractivity contribution in [2.24, 2.45) is 7.05 Å². The molecule has 1 saturated heterocycles. The highest BCUT2D eigenvalue weighted by atomic mass is 35.5. The summed E-state index contributed by atoms with van der Waals surface area (Å²) in [5, 5.41) is 9.98. The number of rotatable bonds is 3. The lowest BCUT2D eigenvalue weighted by molar-refractivity contribution is 0.0697. The van der Waals surface area contributed by atoms with E-state index in [4.69, 9.17) is 11.6 Å². The lowest BCUT2D eigenvalue weighted by atomic mass is 10.0. The van der Waals surface area contributed by atoms with Gasteiger partial charge in [-0.15, -0.1) is 0 Å². The molecule has 1 aliphatic rings. The van der Waals surface area contributed by atoms with E-state index in [1.165, 1.54) is 6.20 Å². The molecule has 7 nitrogen and oxygen atoms in total. The molecule has 2 N–H and O–H groups in total. The lowest BCUT2D eigenvalue weighted by Crippen LogP contribution is -2.46. The van der Waals surface area contributed by atoms with Crippen LogP contribution in [0.1, 0.15) is 33.7 Å². The van der Waals surface area contributed by atoms with Crippen molar-refractivity contribution in [3.63, 3.8) is 0 Å². The van der Waals surface area contributed by atoms with Gasteiger partial charge in [0.1, 0.15) is 5.69 Å². The summed E-state index contributed by atoms with van der Waals surface area (Å²) < 4.78 is 1.70. The number of piperidine rings is 1. The van der Waals surface area contributed by atoms with E-state index in [9.17, 15) is 9.59 Å². The number of aromatic amines is 1. The first-order valence-corrected chi connectivity index (χ1v) is 7.83. The summed E-state index contributed by atoms with van der Waals surface area (Å²) in [5.41, 5.74) is 1.10. The van der Waals surface area contributed by atoms with Gasteiger partial charge in [-0.25, -0.2) is 0 Å². The Kier molecular flexibility index (Phi) is 4.38. The van der Waals surface area contributed by atoms with E-state index in [1.54, 1.807) is 35.0 Å². The van der Waals surface area contributed by atoms with Gasteiger partial charge in [0.05, 0.1) is 16.8 Å². The van der Waals surface area contributed by atoms with Gasteiger partial charge in [0.25, 0.3) is 11.8 Å². The Balaban J connectivity index is 1.54. The Morgan fingerprint density at radius 3 is 2.70 bits per heavy atom. The number of hydrogen-bond donors (Lipinski definition) is 2. The largest absolute Gasteiger partial charge is 0.348 e. The second-order valence-electron chi connectivity index (χ2n) is 5.68. The summed E-state index contributed by atoms with van der Waals surface area (Å²) in [5.74, 6) is -0.170. The van der Waals surface area contributed by atoms with Crippen molar-refractivity contribution < 1.29 is 9.59 Å². The van der Waals surface area contributed by atoms with E-state index >= 15 is 0 Å². The molecule has 23 heavy (non-hydrogen) atoms. The van der Waals surface area contributed by atoms with Crippen LogP contribution in [0, 0.1) is 0 Å². The molecule has 3 rings (SSSR count). The van der Waals surface area contributed by atoms with Gasteiger partial charge in [0.15, 0.2) is 0 Å². The standard InChI is InChI=1S/C15H18ClN5O2/c1-20-9-11(16)6-13(20)14(22)19-12-2-4-21(5-3-12)15(23)10-7-17-18-8-10/h6-9,12H,2-5H2,1H3,(H,17,18)(H,19,22). The highest BCUT2D eigenvalue weighted by molar-refractivity contribution is 6.31. The third-order valence-corrected chi connectivity index (χ3v) is 4.27. The molecule has 0 spiro atoms. The number of aromatic nitrogens is 3. The molecule has 0 aliphatic carbocycles. The van der Waals surface area contributed by atoms with Crippen LogP contribution in [0.25, 0.3) is 0 Å². The van der Waals surface area contributed by atoms with Crippen LogP contribution in [-0.4, -0.2) is 50.6 Å². The molecular weight excluding hydrogens is 318 g/mol. The summed E-state index contributed by atoms with van der Waals surface area (Å²) in [7, 11) is 1.78. The molecule has 2 aromatic heterocycles. The van der Waals surface area contributed by atoms with Gasteiger partial charge in [-0.3, -0.25) is 14.7 Å². The molecule has 0 saturated carbocycles. The van der Waals surface area contributed by atoms with E-state index in [0.717, 1.165) is 12.8 Å². The highest BCUT2D eigenvalue weighted by Crippen LogP contribution is 2.16. The van der Waals surface area contributed by atoms with E-state index in [-0.39, 0.29) is 17.9 Å². The summed E-state index contributed by atoms with van der Waals surface area (Å²) in [6, 6.07) is 1.71. The van der Waals surface area contributed by atoms with Gasteiger partial charge >= 0.3 is 0 Å². The minimum atomic E-state index is -0.140. The number of H-pyrrole nitrogens is 1. The van der Waals surface area contributed by atoms with E-state index in [1.807, 2.05) is 0 Å². The molecule has 122 valence electrons. The Hall–Kier alpha value is -2.28. The number of aryl methyl sites for hydroxylation is 1. The Morgan fingerprint density at radius 1 is 1.39 bits per heavy atom. The normalized spacial score (nSPS) is 15.7. The fourth-order valence-electron chi connectivity index (χ4n) is 2.79. The number of halogens is 1. The molecule has 1 aliphatic heterocycles. The molecule has 0 unspecified atom stereocenters. The number of nitrogens with zero attached hydrogens (tertiary/aromatic N) is 3. The van der Waals surface area contributed by atoms with Crippen LogP contribution in [0.15, 0.2) is 24.7 Å². The quantitative estimate of drug-likeness (QED) is 0.890. The zero-order valence-corrected chi connectivity index (χ0v) is 13.5. The minimum Gasteiger partial charge on any atom is -0.348 e. The molecule has 0 aromatic carbocycles. The van der Waals surface area contributed by atoms with Crippen LogP contribution in [-0.2, 0) is 7.05 Å². The molecule has 2 aromatic rings. The maximum absolute atomic E-state index is 12.3. The fraction of sp³-hybridized carbons (Fsp3) is 0.400. The Morgan fingerprint density at radius 2 is 2.13 bits per heavy atom. The third-order valence-electron chi connectivity index (χ3n) is 4.07. The SMILES string of the molecule is Cn1cc(Cl)cc1C(=O)NC1CCN(C(=O)c2cn[nH]c2)CC1. The first-order chi connectivity index (χ1) is 11.0. The number of hydrogen-bond acceptors (Lipinski definition) is 3. The number of nitrogens with one attached hydrogen (secondary N) is 2. The van der Waals surface area contributed by atoms with Crippen molar-refractivity contribution in [2.75, 3.05) is 13.1 Å². The second kappa shape index (κ2) is 6.45. The Labute approximate surface area is 138 Å². The summed E-state index contributed by atoms with van der Waals surface area (Å²) in [6.07, 6.45) is 6.27. The smallest absolute Gasteiger partial charge is 0.268 e. The number of carbonyl (C=O) groups excluding carboxylic acids is 2. The summed E-state index contributed by atoms with van der Waals surface area (Å²) in [4.78, 5) is 26.3. The van der Waals surface area contributed by atoms with Gasteiger partial charge in [-0.2, -0.15) is 5.10 Å². The predicted octanol–water partition coefficient (Wildman–Crippen LogP) is 1.44. The molecule has 0 atom stereocenters. The summed E-state index contributed by atoms with van der Waals surface area (Å²) in [6.45, 7) is 1.23. The number of amides is 2. The minimum absolute atomic E-state index is 0.0299. The van der Waals surface area contributed by atoms with Gasteiger partial charge in [-0.05, 0) is 18.9 Å². The third kappa shape index (κ3) is 3.39. The topological polar surface area (TPSA) is 83.0 Å². The maximum Gasteiger partial charge on any atom is 0.268 e. The van der Waals surface area contributed by atoms with Crippen LogP contribution >= 0.6 is 11.6 Å². The number of likely N-dealkylation sites (tertiary alicyclic amines) is 1. The second-order valence-corrected chi connectivity index (χ2v) is 6.12. The first kappa shape index (κ1) is 15.6. The van der Waals surface area contributed by atoms with Crippen LogP contribution in [0.4, 0.5) is 0 Å². The molecule has 3 heterocycles. The maximum atomic E-state index is 12.3. The molecule has 0 bridgehead atoms. The van der Waals surface area contributed by atoms with Gasteiger partial charge in [0.2, 0.25) is 0 Å². The van der Waals surface area contributed by atoms with E-state index in [2.05, 4.69) is 15.5 Å². The molecule has 2 amide bonds. The highest BCUT2D eigenvalue weighted by Gasteiger charge is 2.25. The van der Waals surface area contributed by atoms with Gasteiger partial charge < -0.3 is 14.8 Å². The van der Waals surface area contributed by atoms with Crippen molar-refractivity contribution >= 4 is 23.4 Å². The molecule has 0 radical (unpaired) electrons. The zero-order chi connectivity index (χ0) is 16.4. The van der Waals surface area contributed by atoms with E-state index in [0.29, 0.717) is 29.4 Å². The van der Waals surface area contributed by atoms with Crippen molar-refractivity contribution in [1.82, 2.24) is 25.0 Å². The van der Waals surface area contributed by atoms with Crippen molar-refractivity contribution in [3.05, 3.63) is 40.9 Å². The molecule has 1 fully saturated rings. The number of carbonyl (C=O) groups is 2. The Bertz CT molecular complexity index is 702. The molecule has 8 heteroatoms. The van der Waals surface area contributed by atoms with Crippen LogP contribution < -0.4 is 5.32 Å². The van der Waals surface area contributed by atoms with Crippen LogP contribution in [0.2, 0.25) is 5.02 Å². The average molecular weight is 336 g/mol. The van der Waals surface area contributed by atoms with E-state index < -0.39 is 0 Å². The molecular formula is C15H18ClN5O2. The van der Waals surface area contributed by atoms with Crippen LogP contribution in [0.5, 0.6) is 0 Å². The van der Waals surface area contributed by atoms with Gasteiger partial charge in [0, 0.05) is 38.6 Å². The fourth-order valence-corrected chi connectivity index (χ4v) is 3.04. The van der Waals surface area contributed by atoms with Gasteiger partial charge in [-0.1, -0.05) is 11.6 Å². The predicted molar refractivity (Wildman–Crippen MR) is 85.4 cm³/mol. The average Bonchev–Trinajstić information content (AvgIpc) is 3.17. The monoisotopic (exact) mass is 335 g/mol. The first-order valence-electron chi connectivity index (χ1n) is 7.45. The van der Waals surface area contributed by atoms with Crippen molar-refractivity contribution in [3.8, 4) is 0 Å². The zero-order valence-electron chi connectivity index (χ0n) is 12.8. The van der Waals surface area contributed by atoms with Crippen molar-refractivity contribution in [2.45, 2.75) is 18.9 Å². The summed E-state index contributed by atoms with van der Waals surface area (Å²) >= 11 is 5.90. The van der Waals surface area contributed by atoms with Crippen molar-refractivity contribution in [1.29, 1.82) is 0 Å². The lowest BCUT2D eigenvalue weighted by Gasteiger charge is -2.32. The van der Waals surface area contributed by atoms with Crippen LogP contribution in [0.3, 0.4) is 0 Å².